The van der Waals surface area contributed by atoms with Crippen molar-refractivity contribution in [2.24, 2.45) is 5.41 Å². The van der Waals surface area contributed by atoms with Crippen LogP contribution in [0.15, 0.2) is 40.9 Å². The molecule has 2 aromatic carbocycles. The van der Waals surface area contributed by atoms with Crippen LogP contribution in [0, 0.1) is 20.6 Å². The third-order valence-corrected chi connectivity index (χ3v) is 7.42. The Bertz CT molecular complexity index is 1280. The van der Waals surface area contributed by atoms with Gasteiger partial charge >= 0.3 is 12.2 Å². The maximum absolute atomic E-state index is 14.9. The highest BCUT2D eigenvalue weighted by molar-refractivity contribution is 14.1. The molecule has 0 aliphatic carbocycles. The summed E-state index contributed by atoms with van der Waals surface area (Å²) in [7, 11) is 1.15. The van der Waals surface area contributed by atoms with Crippen LogP contribution in [-0.2, 0) is 27.2 Å². The number of alkyl carbamates (subject to hydrolysis) is 2. The first-order chi connectivity index (χ1) is 20.3. The smallest absolute Gasteiger partial charge is 0.407 e. The first kappa shape index (κ1) is 37.6. The molecule has 14 heteroatoms. The van der Waals surface area contributed by atoms with Gasteiger partial charge in [-0.25, -0.2) is 23.4 Å². The second-order valence-electron chi connectivity index (χ2n) is 12.3. The molecule has 0 bridgehead atoms. The lowest BCUT2D eigenvalue weighted by Crippen LogP contribution is -2.59. The molecular formula is C30H40BrF2IN4O6. The van der Waals surface area contributed by atoms with Gasteiger partial charge in [0.2, 0.25) is 0 Å². The van der Waals surface area contributed by atoms with Gasteiger partial charge in [-0.15, -0.1) is 0 Å². The van der Waals surface area contributed by atoms with Gasteiger partial charge in [0.1, 0.15) is 23.3 Å². The summed E-state index contributed by atoms with van der Waals surface area (Å²) in [5.74, 6) is -2.48. The van der Waals surface area contributed by atoms with E-state index in [1.165, 1.54) is 0 Å². The zero-order valence-corrected chi connectivity index (χ0v) is 29.5. The van der Waals surface area contributed by atoms with Crippen LogP contribution >= 0.6 is 38.5 Å². The monoisotopic (exact) mass is 796 g/mol. The average molecular weight is 797 g/mol. The lowest BCUT2D eigenvalue weighted by atomic mass is 9.86. The zero-order chi connectivity index (χ0) is 33.4. The number of amides is 3. The number of hydrazine groups is 1. The fraction of sp³-hybridized carbons (Fsp3) is 0.500. The van der Waals surface area contributed by atoms with Gasteiger partial charge in [-0.2, -0.15) is 0 Å². The molecule has 0 aliphatic rings. The number of nitrogens with zero attached hydrogens (tertiary/aromatic N) is 1. The number of nitrogens with one attached hydrogen (secondary N) is 3. The van der Waals surface area contributed by atoms with Crippen molar-refractivity contribution in [1.29, 1.82) is 0 Å². The lowest BCUT2D eigenvalue weighted by Gasteiger charge is -2.34. The van der Waals surface area contributed by atoms with Gasteiger partial charge < -0.3 is 25.2 Å². The predicted molar refractivity (Wildman–Crippen MR) is 173 cm³/mol. The Hall–Kier alpha value is -2.56. The molecular weight excluding hydrogens is 757 g/mol. The third-order valence-electron chi connectivity index (χ3n) is 6.24. The minimum atomic E-state index is -1.37. The standard InChI is InChI=1S/C30H40BrF2IN4O6/c1-29(2,3)25(36-27(41)43-7)26(40)37-38(15-20-21(32)13-18(31)14-22(20)33)16-24(39)23(35-28(42)44-30(4,5)6)12-17-8-10-19(34)11-9-17/h8-11,13-14,23-25,39H,12,15-16H2,1-7H3,(H,35,42)(H,36,41)(H,37,40)/t23-,24-,25+/m0/s1. The minimum absolute atomic E-state index is 0.175. The van der Waals surface area contributed by atoms with E-state index in [0.29, 0.717) is 0 Å². The number of hydrogen-bond acceptors (Lipinski definition) is 7. The van der Waals surface area contributed by atoms with E-state index < -0.39 is 65.5 Å². The molecule has 2 aromatic rings. The SMILES string of the molecule is COC(=O)N[C@H](C(=O)NN(Cc1c(F)cc(Br)cc1F)C[C@H](O)[C@H](Cc1ccc(I)cc1)NC(=O)OC(C)(C)C)C(C)(C)C. The molecule has 10 nitrogen and oxygen atoms in total. The van der Waals surface area contributed by atoms with Gasteiger partial charge in [-0.3, -0.25) is 10.2 Å². The van der Waals surface area contributed by atoms with Crippen LogP contribution in [-0.4, -0.2) is 65.7 Å². The van der Waals surface area contributed by atoms with Crippen LogP contribution < -0.4 is 16.1 Å². The Labute approximate surface area is 278 Å². The van der Waals surface area contributed by atoms with E-state index in [9.17, 15) is 28.3 Å². The number of halogens is 4. The minimum Gasteiger partial charge on any atom is -0.453 e. The Morgan fingerprint density at radius 3 is 2.07 bits per heavy atom. The average Bonchev–Trinajstić information content (AvgIpc) is 2.87. The Balaban J connectivity index is 2.45. The fourth-order valence-electron chi connectivity index (χ4n) is 4.11. The van der Waals surface area contributed by atoms with Crippen LogP contribution in [0.4, 0.5) is 18.4 Å². The van der Waals surface area contributed by atoms with Gasteiger partial charge in [-0.05, 0) is 85.0 Å². The molecule has 244 valence electrons. The summed E-state index contributed by atoms with van der Waals surface area (Å²) in [4.78, 5) is 38.2. The largest absolute Gasteiger partial charge is 0.453 e. The van der Waals surface area contributed by atoms with E-state index in [4.69, 9.17) is 4.74 Å². The summed E-state index contributed by atoms with van der Waals surface area (Å²) >= 11 is 5.21. The van der Waals surface area contributed by atoms with Crippen LogP contribution in [0.5, 0.6) is 0 Å². The molecule has 0 saturated carbocycles. The predicted octanol–water partition coefficient (Wildman–Crippen LogP) is 5.43. The summed E-state index contributed by atoms with van der Waals surface area (Å²) in [6.45, 7) is 9.36. The lowest BCUT2D eigenvalue weighted by molar-refractivity contribution is -0.131. The van der Waals surface area contributed by atoms with Gasteiger partial charge in [0, 0.05) is 26.7 Å². The molecule has 0 aliphatic heterocycles. The van der Waals surface area contributed by atoms with Crippen molar-refractivity contribution in [2.45, 2.75) is 78.3 Å². The van der Waals surface area contributed by atoms with Crippen LogP contribution in [0.2, 0.25) is 0 Å². The molecule has 3 amide bonds. The van der Waals surface area contributed by atoms with Crippen molar-refractivity contribution in [3.05, 3.63) is 67.2 Å². The van der Waals surface area contributed by atoms with Crippen molar-refractivity contribution < 1.29 is 37.7 Å². The number of aliphatic hydroxyl groups excluding tert-OH is 1. The Morgan fingerprint density at radius 2 is 1.57 bits per heavy atom. The van der Waals surface area contributed by atoms with Crippen molar-refractivity contribution in [1.82, 2.24) is 21.1 Å². The van der Waals surface area contributed by atoms with E-state index in [2.05, 4.69) is 59.3 Å². The Kier molecular flexibility index (Phi) is 13.8. The first-order valence-electron chi connectivity index (χ1n) is 13.7. The topological polar surface area (TPSA) is 129 Å². The molecule has 0 unspecified atom stereocenters. The second kappa shape index (κ2) is 16.1. The molecule has 4 N–H and O–H groups in total. The van der Waals surface area contributed by atoms with Gasteiger partial charge in [0.05, 0.1) is 19.3 Å². The number of methoxy groups -OCH3 is 1. The number of carbonyl (C=O) groups excluding carboxylic acids is 3. The molecule has 44 heavy (non-hydrogen) atoms. The zero-order valence-electron chi connectivity index (χ0n) is 25.8. The van der Waals surface area contributed by atoms with E-state index >= 15 is 0 Å². The van der Waals surface area contributed by atoms with Crippen LogP contribution in [0.1, 0.15) is 52.7 Å². The maximum Gasteiger partial charge on any atom is 0.407 e. The third kappa shape index (κ3) is 12.4. The van der Waals surface area contributed by atoms with Gasteiger partial charge in [0.25, 0.3) is 5.91 Å². The summed E-state index contributed by atoms with van der Waals surface area (Å²) in [5.41, 5.74) is 1.40. The van der Waals surface area contributed by atoms with E-state index in [0.717, 1.165) is 33.4 Å². The Morgan fingerprint density at radius 1 is 1.00 bits per heavy atom. The molecule has 0 heterocycles. The molecule has 0 spiro atoms. The summed E-state index contributed by atoms with van der Waals surface area (Å²) in [5, 5.41) is 17.8. The first-order valence-corrected chi connectivity index (χ1v) is 15.6. The molecule has 0 aromatic heterocycles. The van der Waals surface area contributed by atoms with E-state index in [1.54, 1.807) is 41.5 Å². The molecule has 2 rings (SSSR count). The second-order valence-corrected chi connectivity index (χ2v) is 14.5. The fourth-order valence-corrected chi connectivity index (χ4v) is 4.87. The van der Waals surface area contributed by atoms with Gasteiger partial charge in [-0.1, -0.05) is 48.8 Å². The van der Waals surface area contributed by atoms with Crippen molar-refractivity contribution in [2.75, 3.05) is 13.7 Å². The maximum atomic E-state index is 14.9. The van der Waals surface area contributed by atoms with Crippen LogP contribution in [0.3, 0.4) is 0 Å². The number of hydrogen-bond donors (Lipinski definition) is 4. The van der Waals surface area contributed by atoms with Crippen LogP contribution in [0.25, 0.3) is 0 Å². The highest BCUT2D eigenvalue weighted by Gasteiger charge is 2.35. The van der Waals surface area contributed by atoms with E-state index in [1.807, 2.05) is 24.3 Å². The normalized spacial score (nSPS) is 13.9. The molecule has 0 radical (unpaired) electrons. The number of rotatable bonds is 11. The molecule has 3 atom stereocenters. The van der Waals surface area contributed by atoms with Crippen molar-refractivity contribution in [3.63, 3.8) is 0 Å². The highest BCUT2D eigenvalue weighted by Crippen LogP contribution is 2.23. The molecule has 0 fully saturated rings. The summed E-state index contributed by atoms with van der Waals surface area (Å²) < 4.78 is 41.0. The number of carbonyl (C=O) groups is 3. The van der Waals surface area contributed by atoms with E-state index in [-0.39, 0.29) is 23.0 Å². The number of ether oxygens (including phenoxy) is 2. The summed E-state index contributed by atoms with van der Waals surface area (Å²) in [6, 6.07) is 7.53. The number of aliphatic hydroxyl groups is 1. The quantitative estimate of drug-likeness (QED) is 0.176. The van der Waals surface area contributed by atoms with Gasteiger partial charge in [0.15, 0.2) is 0 Å². The van der Waals surface area contributed by atoms with Crippen molar-refractivity contribution >= 4 is 56.6 Å². The molecule has 0 saturated heterocycles. The van der Waals surface area contributed by atoms with Crippen molar-refractivity contribution in [3.8, 4) is 0 Å². The summed E-state index contributed by atoms with van der Waals surface area (Å²) in [6.07, 6.45) is -2.82. The highest BCUT2D eigenvalue weighted by atomic mass is 127. The number of benzene rings is 2.